The monoisotopic (exact) mass is 626 g/mol. The molecule has 12 nitrogen and oxygen atoms in total. The molecule has 240 valence electrons. The fourth-order valence-corrected chi connectivity index (χ4v) is 6.06. The normalized spacial score (nSPS) is 13.5. The molecule has 2 aromatic heterocycles. The number of H-pyrrole nitrogens is 2. The Morgan fingerprint density at radius 2 is 1.13 bits per heavy atom. The van der Waals surface area contributed by atoms with Gasteiger partial charge in [0.15, 0.2) is 23.0 Å². The number of aromatic amines is 2. The molecule has 46 heavy (non-hydrogen) atoms. The van der Waals surface area contributed by atoms with Crippen molar-refractivity contribution in [3.8, 4) is 23.0 Å². The van der Waals surface area contributed by atoms with Crippen molar-refractivity contribution in [1.82, 2.24) is 29.7 Å². The van der Waals surface area contributed by atoms with Crippen LogP contribution in [0.1, 0.15) is 35.6 Å². The van der Waals surface area contributed by atoms with Crippen LogP contribution in [0.3, 0.4) is 0 Å². The minimum absolute atomic E-state index is 0.283. The van der Waals surface area contributed by atoms with Crippen LogP contribution in [0.15, 0.2) is 58.1 Å². The number of nitrogens with one attached hydrogen (secondary N) is 2. The largest absolute Gasteiger partial charge is 0.493 e. The first kappa shape index (κ1) is 31.1. The van der Waals surface area contributed by atoms with Gasteiger partial charge in [-0.05, 0) is 49.2 Å². The van der Waals surface area contributed by atoms with Gasteiger partial charge in [0, 0.05) is 25.2 Å². The third-order valence-corrected chi connectivity index (χ3v) is 8.37. The summed E-state index contributed by atoms with van der Waals surface area (Å²) >= 11 is 0. The lowest BCUT2D eigenvalue weighted by Crippen LogP contribution is -2.28. The van der Waals surface area contributed by atoms with Crippen molar-refractivity contribution in [2.75, 3.05) is 41.5 Å². The predicted molar refractivity (Wildman–Crippen MR) is 175 cm³/mol. The zero-order valence-corrected chi connectivity index (χ0v) is 26.5. The Kier molecular flexibility index (Phi) is 9.18. The lowest BCUT2D eigenvalue weighted by Gasteiger charge is -2.24. The summed E-state index contributed by atoms with van der Waals surface area (Å²) in [6.07, 6.45) is 2.42. The molecule has 5 aromatic rings. The van der Waals surface area contributed by atoms with Crippen LogP contribution >= 0.6 is 0 Å². The first-order chi connectivity index (χ1) is 22.4. The summed E-state index contributed by atoms with van der Waals surface area (Å²) < 4.78 is 21.7. The Morgan fingerprint density at radius 1 is 0.674 bits per heavy atom. The van der Waals surface area contributed by atoms with Crippen LogP contribution in [0.25, 0.3) is 21.8 Å². The first-order valence-electron chi connectivity index (χ1n) is 15.2. The van der Waals surface area contributed by atoms with Crippen LogP contribution in [0, 0.1) is 0 Å². The van der Waals surface area contributed by atoms with E-state index in [1.165, 1.54) is 32.6 Å². The van der Waals surface area contributed by atoms with Gasteiger partial charge < -0.3 is 28.9 Å². The summed E-state index contributed by atoms with van der Waals surface area (Å²) in [5.74, 6) is 2.81. The second-order valence-corrected chi connectivity index (χ2v) is 11.4. The second-order valence-electron chi connectivity index (χ2n) is 11.4. The van der Waals surface area contributed by atoms with E-state index in [2.05, 4.69) is 38.0 Å². The minimum Gasteiger partial charge on any atom is -0.493 e. The fraction of sp³-hybridized carbons (Fsp3) is 0.353. The molecule has 0 bridgehead atoms. The Hall–Kier alpha value is -4.94. The molecule has 1 saturated heterocycles. The molecule has 0 saturated carbocycles. The molecule has 0 atom stereocenters. The lowest BCUT2D eigenvalue weighted by molar-refractivity contribution is 0.233. The quantitative estimate of drug-likeness (QED) is 0.209. The Labute approximate surface area is 265 Å². The summed E-state index contributed by atoms with van der Waals surface area (Å²) in [5.41, 5.74) is 2.80. The average molecular weight is 627 g/mol. The number of fused-ring (bicyclic) bond motifs is 2. The van der Waals surface area contributed by atoms with E-state index in [0.29, 0.717) is 63.0 Å². The molecule has 0 unspecified atom stereocenters. The molecule has 12 heteroatoms. The smallest absolute Gasteiger partial charge is 0.258 e. The van der Waals surface area contributed by atoms with Crippen molar-refractivity contribution in [1.29, 1.82) is 0 Å². The van der Waals surface area contributed by atoms with Gasteiger partial charge in [-0.25, -0.2) is 9.97 Å². The van der Waals surface area contributed by atoms with Crippen LogP contribution in [0.5, 0.6) is 23.0 Å². The van der Waals surface area contributed by atoms with E-state index in [4.69, 9.17) is 28.9 Å². The van der Waals surface area contributed by atoms with Crippen molar-refractivity contribution in [2.45, 2.75) is 39.0 Å². The van der Waals surface area contributed by atoms with Crippen molar-refractivity contribution in [2.24, 2.45) is 0 Å². The summed E-state index contributed by atoms with van der Waals surface area (Å²) in [6, 6.07) is 15.0. The van der Waals surface area contributed by atoms with Gasteiger partial charge in [0.25, 0.3) is 11.1 Å². The van der Waals surface area contributed by atoms with Crippen LogP contribution in [0.2, 0.25) is 0 Å². The number of aromatic nitrogens is 4. The molecule has 3 aromatic carbocycles. The maximum Gasteiger partial charge on any atom is 0.258 e. The number of hydrogen-bond acceptors (Lipinski definition) is 10. The van der Waals surface area contributed by atoms with E-state index < -0.39 is 0 Å². The van der Waals surface area contributed by atoms with Crippen LogP contribution < -0.4 is 30.1 Å². The summed E-state index contributed by atoms with van der Waals surface area (Å²) in [5, 5.41) is 0.794. The van der Waals surface area contributed by atoms with Gasteiger partial charge in [0.2, 0.25) is 0 Å². The van der Waals surface area contributed by atoms with E-state index in [0.717, 1.165) is 25.2 Å². The van der Waals surface area contributed by atoms with Gasteiger partial charge in [-0.3, -0.25) is 19.4 Å². The third kappa shape index (κ3) is 6.53. The summed E-state index contributed by atoms with van der Waals surface area (Å²) in [7, 11) is 6.14. The third-order valence-electron chi connectivity index (χ3n) is 8.37. The lowest BCUT2D eigenvalue weighted by atomic mass is 10.1. The molecule has 3 heterocycles. The van der Waals surface area contributed by atoms with E-state index in [1.807, 2.05) is 6.07 Å². The maximum atomic E-state index is 13.2. The van der Waals surface area contributed by atoms with Gasteiger partial charge >= 0.3 is 0 Å². The predicted octanol–water partition coefficient (Wildman–Crippen LogP) is 3.99. The SMILES string of the molecule is COc1cc2nc(CN(Cc3nc4cc(OC)c(OC)cc4c(=O)[nH]3)Cc3ccccc3CN3CCCC3)[nH]c(=O)c2cc1OC. The second kappa shape index (κ2) is 13.6. The van der Waals surface area contributed by atoms with Crippen molar-refractivity contribution in [3.63, 3.8) is 0 Å². The topological polar surface area (TPSA) is 135 Å². The highest BCUT2D eigenvalue weighted by Crippen LogP contribution is 2.31. The number of benzene rings is 3. The highest BCUT2D eigenvalue weighted by atomic mass is 16.5. The van der Waals surface area contributed by atoms with E-state index in [1.54, 1.807) is 38.5 Å². The van der Waals surface area contributed by atoms with Crippen molar-refractivity contribution in [3.05, 3.63) is 92.0 Å². The molecule has 2 N–H and O–H groups in total. The van der Waals surface area contributed by atoms with E-state index >= 15 is 0 Å². The Bertz CT molecular complexity index is 1870. The zero-order valence-electron chi connectivity index (χ0n) is 26.5. The fourth-order valence-electron chi connectivity index (χ4n) is 6.06. The minimum atomic E-state index is -0.284. The van der Waals surface area contributed by atoms with Crippen LogP contribution in [-0.4, -0.2) is 71.3 Å². The number of methoxy groups -OCH3 is 4. The number of likely N-dealkylation sites (tertiary alicyclic amines) is 1. The standard InChI is InChI=1S/C34H38N6O6/c1-43-27-13-23-25(15-29(27)45-3)35-31(37-33(23)41)19-40(18-22-10-6-5-9-21(22)17-39-11-7-8-12-39)20-32-36-26-16-30(46-4)28(44-2)14-24(26)34(42)38-32/h5-6,9-10,13-16H,7-8,11-12,17-20H2,1-4H3,(H,35,37,41)(H,36,38,42). The van der Waals surface area contributed by atoms with Gasteiger partial charge in [-0.2, -0.15) is 0 Å². The summed E-state index contributed by atoms with van der Waals surface area (Å²) in [4.78, 5) is 46.5. The zero-order chi connectivity index (χ0) is 32.2. The average Bonchev–Trinajstić information content (AvgIpc) is 3.57. The van der Waals surface area contributed by atoms with Crippen LogP contribution in [-0.2, 0) is 26.2 Å². The number of nitrogens with zero attached hydrogens (tertiary/aromatic N) is 4. The molecule has 0 spiro atoms. The highest BCUT2D eigenvalue weighted by Gasteiger charge is 2.19. The van der Waals surface area contributed by atoms with Crippen LogP contribution in [0.4, 0.5) is 0 Å². The Balaban J connectivity index is 1.38. The molecule has 1 fully saturated rings. The number of hydrogen-bond donors (Lipinski definition) is 2. The number of rotatable bonds is 12. The summed E-state index contributed by atoms with van der Waals surface area (Å²) in [6.45, 7) is 4.14. The van der Waals surface area contributed by atoms with Gasteiger partial charge in [-0.15, -0.1) is 0 Å². The molecular weight excluding hydrogens is 588 g/mol. The van der Waals surface area contributed by atoms with Crippen molar-refractivity contribution < 1.29 is 18.9 Å². The molecule has 1 aliphatic rings. The maximum absolute atomic E-state index is 13.2. The van der Waals surface area contributed by atoms with Gasteiger partial charge in [-0.1, -0.05) is 24.3 Å². The molecule has 1 aliphatic heterocycles. The van der Waals surface area contributed by atoms with Gasteiger partial charge in [0.1, 0.15) is 11.6 Å². The van der Waals surface area contributed by atoms with Crippen molar-refractivity contribution >= 4 is 21.8 Å². The number of ether oxygens (including phenoxy) is 4. The molecular formula is C34H38N6O6. The van der Waals surface area contributed by atoms with E-state index in [-0.39, 0.29) is 24.2 Å². The van der Waals surface area contributed by atoms with E-state index in [9.17, 15) is 9.59 Å². The first-order valence-corrected chi connectivity index (χ1v) is 15.2. The highest BCUT2D eigenvalue weighted by molar-refractivity contribution is 5.82. The molecule has 0 radical (unpaired) electrons. The molecule has 0 amide bonds. The molecule has 6 rings (SSSR count). The Morgan fingerprint density at radius 3 is 1.61 bits per heavy atom. The van der Waals surface area contributed by atoms with Gasteiger partial charge in [0.05, 0.1) is 63.3 Å². The molecule has 0 aliphatic carbocycles.